The number of rotatable bonds is 8. The van der Waals surface area contributed by atoms with E-state index in [2.05, 4.69) is 99.2 Å². The molecule has 0 aliphatic heterocycles. The SMILES string of the molecule is C=C/C=C\C(=C)n1c2ccccc2c2c(-c3nnc(-c4cccc5c4c4ccccc4n5-c4nc(-c5ccccc5)cc(-c5ccccc5)n4)o3)cccc21. The predicted molar refractivity (Wildman–Crippen MR) is 224 cm³/mol. The second-order valence-electron chi connectivity index (χ2n) is 13.3. The minimum absolute atomic E-state index is 0.423. The molecule has 4 aromatic heterocycles. The third kappa shape index (κ3) is 5.29. The topological polar surface area (TPSA) is 74.6 Å². The highest BCUT2D eigenvalue weighted by Crippen LogP contribution is 2.41. The van der Waals surface area contributed by atoms with Crippen LogP contribution >= 0.6 is 0 Å². The highest BCUT2D eigenvalue weighted by atomic mass is 16.4. The molecule has 0 radical (unpaired) electrons. The molecule has 0 spiro atoms. The Labute approximate surface area is 316 Å². The van der Waals surface area contributed by atoms with E-state index in [-0.39, 0.29) is 0 Å². The van der Waals surface area contributed by atoms with Gasteiger partial charge in [0.2, 0.25) is 17.7 Å². The summed E-state index contributed by atoms with van der Waals surface area (Å²) in [6, 6.07) is 51.4. The lowest BCUT2D eigenvalue weighted by molar-refractivity contribution is 0.586. The van der Waals surface area contributed by atoms with Crippen molar-refractivity contribution in [2.75, 3.05) is 0 Å². The van der Waals surface area contributed by atoms with E-state index in [9.17, 15) is 0 Å². The Bertz CT molecular complexity index is 3070. The maximum atomic E-state index is 6.65. The van der Waals surface area contributed by atoms with Crippen LogP contribution in [0.2, 0.25) is 0 Å². The van der Waals surface area contributed by atoms with Gasteiger partial charge in [0.25, 0.3) is 0 Å². The maximum absolute atomic E-state index is 6.65. The van der Waals surface area contributed by atoms with Crippen molar-refractivity contribution in [3.63, 3.8) is 0 Å². The number of hydrogen-bond donors (Lipinski definition) is 0. The summed E-state index contributed by atoms with van der Waals surface area (Å²) >= 11 is 0. The van der Waals surface area contributed by atoms with Gasteiger partial charge in [-0.25, -0.2) is 9.97 Å². The standard InChI is InChI=1S/C48H32N6O/c1-3-4-17-31(2)53-40-26-13-11-22-34(40)44-36(24-15-28-42(44)53)46-51-52-47(55-46)37-25-16-29-43-45(37)35-23-12-14-27-41(35)54(43)48-49-38(32-18-7-5-8-19-32)30-39(50-48)33-20-9-6-10-21-33/h3-30H,1-2H2/b17-4-. The molecule has 0 atom stereocenters. The predicted octanol–water partition coefficient (Wildman–Crippen LogP) is 11.9. The molecule has 0 N–H and O–H groups in total. The van der Waals surface area contributed by atoms with Crippen LogP contribution in [-0.2, 0) is 0 Å². The summed E-state index contributed by atoms with van der Waals surface area (Å²) < 4.78 is 10.9. The van der Waals surface area contributed by atoms with Crippen molar-refractivity contribution >= 4 is 49.3 Å². The lowest BCUT2D eigenvalue weighted by atomic mass is 10.1. The summed E-state index contributed by atoms with van der Waals surface area (Å²) in [7, 11) is 0. The third-order valence-corrected chi connectivity index (χ3v) is 10.0. The number of allylic oxidation sites excluding steroid dienone is 4. The van der Waals surface area contributed by atoms with Gasteiger partial charge in [-0.05, 0) is 48.5 Å². The zero-order chi connectivity index (χ0) is 36.9. The highest BCUT2D eigenvalue weighted by Gasteiger charge is 2.23. The van der Waals surface area contributed by atoms with Crippen molar-refractivity contribution in [2.24, 2.45) is 0 Å². The first-order chi connectivity index (χ1) is 27.2. The zero-order valence-corrected chi connectivity index (χ0v) is 29.7. The molecule has 260 valence electrons. The van der Waals surface area contributed by atoms with Crippen LogP contribution in [-0.4, -0.2) is 29.3 Å². The van der Waals surface area contributed by atoms with E-state index in [1.54, 1.807) is 6.08 Å². The molecular weight excluding hydrogens is 677 g/mol. The number of aromatic nitrogens is 6. The molecule has 6 aromatic carbocycles. The molecule has 10 aromatic rings. The minimum Gasteiger partial charge on any atom is -0.416 e. The van der Waals surface area contributed by atoms with E-state index in [0.717, 1.165) is 83.0 Å². The van der Waals surface area contributed by atoms with E-state index >= 15 is 0 Å². The summed E-state index contributed by atoms with van der Waals surface area (Å²) in [5, 5.41) is 13.4. The second kappa shape index (κ2) is 13.1. The van der Waals surface area contributed by atoms with Crippen molar-refractivity contribution in [3.05, 3.63) is 183 Å². The Morgan fingerprint density at radius 1 is 0.545 bits per heavy atom. The van der Waals surface area contributed by atoms with Gasteiger partial charge in [0.15, 0.2) is 0 Å². The number of hydrogen-bond acceptors (Lipinski definition) is 5. The minimum atomic E-state index is 0.423. The average Bonchev–Trinajstić information content (AvgIpc) is 3.97. The van der Waals surface area contributed by atoms with Crippen LogP contribution < -0.4 is 0 Å². The Hall–Kier alpha value is -7.64. The van der Waals surface area contributed by atoms with E-state index in [0.29, 0.717) is 17.7 Å². The fraction of sp³-hybridized carbons (Fsp3) is 0. The van der Waals surface area contributed by atoms with E-state index in [1.807, 2.05) is 97.1 Å². The number of nitrogens with zero attached hydrogens (tertiary/aromatic N) is 6. The molecule has 0 unspecified atom stereocenters. The van der Waals surface area contributed by atoms with E-state index in [1.165, 1.54) is 0 Å². The van der Waals surface area contributed by atoms with Gasteiger partial charge >= 0.3 is 0 Å². The quantitative estimate of drug-likeness (QED) is 0.147. The fourth-order valence-electron chi connectivity index (χ4n) is 7.66. The van der Waals surface area contributed by atoms with Gasteiger partial charge < -0.3 is 8.98 Å². The smallest absolute Gasteiger partial charge is 0.248 e. The summed E-state index contributed by atoms with van der Waals surface area (Å²) in [5.41, 5.74) is 10.1. The first kappa shape index (κ1) is 32.0. The fourth-order valence-corrected chi connectivity index (χ4v) is 7.66. The molecule has 10 rings (SSSR count). The Kier molecular flexibility index (Phi) is 7.63. The van der Waals surface area contributed by atoms with Gasteiger partial charge in [0, 0.05) is 49.5 Å². The lowest BCUT2D eigenvalue weighted by Gasteiger charge is -2.11. The van der Waals surface area contributed by atoms with Gasteiger partial charge in [-0.2, -0.15) is 0 Å². The van der Waals surface area contributed by atoms with Gasteiger partial charge in [-0.3, -0.25) is 4.57 Å². The van der Waals surface area contributed by atoms with E-state index < -0.39 is 0 Å². The first-order valence-corrected chi connectivity index (χ1v) is 18.1. The molecule has 0 saturated carbocycles. The van der Waals surface area contributed by atoms with Crippen LogP contribution in [0.5, 0.6) is 0 Å². The summed E-state index contributed by atoms with van der Waals surface area (Å²) in [6.07, 6.45) is 5.60. The Morgan fingerprint density at radius 3 is 1.67 bits per heavy atom. The number of benzene rings is 6. The van der Waals surface area contributed by atoms with Crippen LogP contribution in [0.25, 0.3) is 101 Å². The Balaban J connectivity index is 1.16. The molecule has 0 bridgehead atoms. The van der Waals surface area contributed by atoms with Gasteiger partial charge in [-0.1, -0.05) is 135 Å². The van der Waals surface area contributed by atoms with Gasteiger partial charge in [0.05, 0.1) is 33.5 Å². The normalized spacial score (nSPS) is 11.7. The van der Waals surface area contributed by atoms with Crippen LogP contribution in [0.4, 0.5) is 0 Å². The number of para-hydroxylation sites is 2. The van der Waals surface area contributed by atoms with Crippen molar-refractivity contribution < 1.29 is 4.42 Å². The summed E-state index contributed by atoms with van der Waals surface area (Å²) in [4.78, 5) is 10.4. The molecular formula is C48H32N6O. The highest BCUT2D eigenvalue weighted by molar-refractivity contribution is 6.17. The molecule has 0 amide bonds. The molecule has 7 heteroatoms. The zero-order valence-electron chi connectivity index (χ0n) is 29.7. The lowest BCUT2D eigenvalue weighted by Crippen LogP contribution is -2.04. The largest absolute Gasteiger partial charge is 0.416 e. The van der Waals surface area contributed by atoms with Crippen LogP contribution in [0.3, 0.4) is 0 Å². The maximum Gasteiger partial charge on any atom is 0.248 e. The molecule has 0 saturated heterocycles. The van der Waals surface area contributed by atoms with Crippen molar-refractivity contribution in [2.45, 2.75) is 0 Å². The van der Waals surface area contributed by atoms with Crippen molar-refractivity contribution in [1.82, 2.24) is 29.3 Å². The van der Waals surface area contributed by atoms with Crippen LogP contribution in [0.15, 0.2) is 187 Å². The van der Waals surface area contributed by atoms with Crippen LogP contribution in [0.1, 0.15) is 0 Å². The first-order valence-electron chi connectivity index (χ1n) is 18.1. The van der Waals surface area contributed by atoms with Crippen LogP contribution in [0, 0.1) is 0 Å². The summed E-state index contributed by atoms with van der Waals surface area (Å²) in [5.74, 6) is 1.43. The molecule has 0 aliphatic carbocycles. The van der Waals surface area contributed by atoms with E-state index in [4.69, 9.17) is 14.4 Å². The monoisotopic (exact) mass is 708 g/mol. The third-order valence-electron chi connectivity index (χ3n) is 10.0. The van der Waals surface area contributed by atoms with Crippen molar-refractivity contribution in [1.29, 1.82) is 0 Å². The van der Waals surface area contributed by atoms with Gasteiger partial charge in [0.1, 0.15) is 0 Å². The van der Waals surface area contributed by atoms with Crippen molar-refractivity contribution in [3.8, 4) is 51.4 Å². The molecule has 7 nitrogen and oxygen atoms in total. The van der Waals surface area contributed by atoms with Gasteiger partial charge in [-0.15, -0.1) is 10.2 Å². The molecule has 0 fully saturated rings. The number of fused-ring (bicyclic) bond motifs is 6. The molecule has 55 heavy (non-hydrogen) atoms. The summed E-state index contributed by atoms with van der Waals surface area (Å²) in [6.45, 7) is 8.19. The molecule has 0 aliphatic rings. The Morgan fingerprint density at radius 2 is 1.05 bits per heavy atom. The second-order valence-corrected chi connectivity index (χ2v) is 13.3. The molecule has 4 heterocycles. The average molecular weight is 709 g/mol.